The van der Waals surface area contributed by atoms with Crippen LogP contribution in [0.3, 0.4) is 0 Å². The van der Waals surface area contributed by atoms with E-state index in [0.29, 0.717) is 24.8 Å². The molecule has 2 aromatic rings. The third kappa shape index (κ3) is 4.18. The van der Waals surface area contributed by atoms with E-state index in [4.69, 9.17) is 4.74 Å². The Labute approximate surface area is 166 Å². The van der Waals surface area contributed by atoms with Crippen LogP contribution >= 0.6 is 0 Å². The van der Waals surface area contributed by atoms with Gasteiger partial charge in [0.05, 0.1) is 18.8 Å². The van der Waals surface area contributed by atoms with Gasteiger partial charge in [0.1, 0.15) is 5.82 Å². The summed E-state index contributed by atoms with van der Waals surface area (Å²) in [5, 5.41) is 3.23. The summed E-state index contributed by atoms with van der Waals surface area (Å²) in [5.41, 5.74) is 1.97. The molecule has 0 aliphatic carbocycles. The van der Waals surface area contributed by atoms with Crippen molar-refractivity contribution in [2.24, 2.45) is 0 Å². The van der Waals surface area contributed by atoms with Crippen LogP contribution in [-0.2, 0) is 4.74 Å². The molecule has 6 heteroatoms. The molecule has 1 N–H and O–H groups in total. The number of amides is 1. The minimum absolute atomic E-state index is 0.0335. The number of hydrogen-bond acceptors (Lipinski definition) is 5. The lowest BCUT2D eigenvalue weighted by Gasteiger charge is -2.29. The number of anilines is 1. The van der Waals surface area contributed by atoms with Crippen molar-refractivity contribution in [2.75, 3.05) is 44.3 Å². The predicted molar refractivity (Wildman–Crippen MR) is 110 cm³/mol. The van der Waals surface area contributed by atoms with E-state index in [-0.39, 0.29) is 11.9 Å². The highest BCUT2D eigenvalue weighted by Crippen LogP contribution is 2.25. The van der Waals surface area contributed by atoms with Gasteiger partial charge in [0.25, 0.3) is 5.91 Å². The summed E-state index contributed by atoms with van der Waals surface area (Å²) in [6.45, 7) is 6.97. The van der Waals surface area contributed by atoms with Gasteiger partial charge >= 0.3 is 0 Å². The van der Waals surface area contributed by atoms with Crippen molar-refractivity contribution in [3.05, 3.63) is 59.8 Å². The molecular weight excluding hydrogens is 352 g/mol. The first-order valence-corrected chi connectivity index (χ1v) is 10.1. The highest BCUT2D eigenvalue weighted by atomic mass is 16.5. The number of aromatic nitrogens is 1. The molecule has 4 rings (SSSR count). The fourth-order valence-electron chi connectivity index (χ4n) is 4.06. The van der Waals surface area contributed by atoms with Crippen LogP contribution in [0.2, 0.25) is 0 Å². The van der Waals surface area contributed by atoms with Gasteiger partial charge in [0, 0.05) is 44.5 Å². The summed E-state index contributed by atoms with van der Waals surface area (Å²) in [6, 6.07) is 14.8. The van der Waals surface area contributed by atoms with Gasteiger partial charge < -0.3 is 15.0 Å². The summed E-state index contributed by atoms with van der Waals surface area (Å²) in [4.78, 5) is 22.0. The minimum atomic E-state index is -0.0335. The number of rotatable bonds is 5. The summed E-state index contributed by atoms with van der Waals surface area (Å²) in [5.74, 6) is 0.726. The average Bonchev–Trinajstić information content (AvgIpc) is 3.23. The summed E-state index contributed by atoms with van der Waals surface area (Å²) in [6.07, 6.45) is 2.72. The SMILES string of the molecule is CC(c1ccccc1)N1CCC(NC(=O)c2cccnc2N2CCOCC2)C1. The molecule has 6 nitrogen and oxygen atoms in total. The van der Waals surface area contributed by atoms with Crippen LogP contribution in [0.5, 0.6) is 0 Å². The van der Waals surface area contributed by atoms with E-state index in [9.17, 15) is 4.79 Å². The zero-order valence-electron chi connectivity index (χ0n) is 16.4. The maximum Gasteiger partial charge on any atom is 0.255 e. The second-order valence-corrected chi connectivity index (χ2v) is 7.51. The van der Waals surface area contributed by atoms with Gasteiger partial charge in [0.2, 0.25) is 0 Å². The lowest BCUT2D eigenvalue weighted by atomic mass is 10.1. The Morgan fingerprint density at radius 2 is 1.93 bits per heavy atom. The number of likely N-dealkylation sites (tertiary alicyclic amines) is 1. The van der Waals surface area contributed by atoms with E-state index in [1.807, 2.05) is 18.2 Å². The highest BCUT2D eigenvalue weighted by Gasteiger charge is 2.29. The van der Waals surface area contributed by atoms with E-state index in [1.54, 1.807) is 6.20 Å². The van der Waals surface area contributed by atoms with Crippen molar-refractivity contribution >= 4 is 11.7 Å². The van der Waals surface area contributed by atoms with Crippen LogP contribution in [0.25, 0.3) is 0 Å². The molecule has 0 bridgehead atoms. The number of nitrogens with zero attached hydrogens (tertiary/aromatic N) is 3. The number of carbonyl (C=O) groups is 1. The minimum Gasteiger partial charge on any atom is -0.378 e. The standard InChI is InChI=1S/C22H28N4O2/c1-17(18-6-3-2-4-7-18)26-11-9-19(16-26)24-22(27)20-8-5-10-23-21(20)25-12-14-28-15-13-25/h2-8,10,17,19H,9,11-16H2,1H3,(H,24,27). The Morgan fingerprint density at radius 3 is 2.71 bits per heavy atom. The fourth-order valence-corrected chi connectivity index (χ4v) is 4.06. The third-order valence-corrected chi connectivity index (χ3v) is 5.73. The van der Waals surface area contributed by atoms with E-state index >= 15 is 0 Å². The van der Waals surface area contributed by atoms with Gasteiger partial charge in [-0.25, -0.2) is 4.98 Å². The smallest absolute Gasteiger partial charge is 0.255 e. The van der Waals surface area contributed by atoms with E-state index < -0.39 is 0 Å². The Bertz CT molecular complexity index is 792. The van der Waals surface area contributed by atoms with Crippen LogP contribution in [0, 0.1) is 0 Å². The van der Waals surface area contributed by atoms with Crippen molar-refractivity contribution in [1.29, 1.82) is 0 Å². The zero-order valence-corrected chi connectivity index (χ0v) is 16.4. The molecule has 1 aromatic heterocycles. The van der Waals surface area contributed by atoms with Crippen LogP contribution in [0.4, 0.5) is 5.82 Å². The molecular formula is C22H28N4O2. The molecule has 2 saturated heterocycles. The Balaban J connectivity index is 1.40. The number of benzene rings is 1. The Kier molecular flexibility index (Phi) is 5.88. The molecule has 3 heterocycles. The van der Waals surface area contributed by atoms with Gasteiger partial charge in [-0.05, 0) is 31.0 Å². The van der Waals surface area contributed by atoms with E-state index in [2.05, 4.69) is 51.3 Å². The van der Waals surface area contributed by atoms with Crippen molar-refractivity contribution in [3.63, 3.8) is 0 Å². The molecule has 0 spiro atoms. The topological polar surface area (TPSA) is 57.7 Å². The van der Waals surface area contributed by atoms with E-state index in [1.165, 1.54) is 5.56 Å². The molecule has 1 aromatic carbocycles. The summed E-state index contributed by atoms with van der Waals surface area (Å²) < 4.78 is 5.42. The Hall–Kier alpha value is -2.44. The number of carbonyl (C=O) groups excluding carboxylic acids is 1. The van der Waals surface area contributed by atoms with Crippen LogP contribution < -0.4 is 10.2 Å². The largest absolute Gasteiger partial charge is 0.378 e. The first-order valence-electron chi connectivity index (χ1n) is 10.1. The van der Waals surface area contributed by atoms with Gasteiger partial charge in [0.15, 0.2) is 0 Å². The van der Waals surface area contributed by atoms with Crippen molar-refractivity contribution in [3.8, 4) is 0 Å². The van der Waals surface area contributed by atoms with Gasteiger partial charge in [-0.1, -0.05) is 30.3 Å². The Morgan fingerprint density at radius 1 is 1.14 bits per heavy atom. The monoisotopic (exact) mass is 380 g/mol. The zero-order chi connectivity index (χ0) is 19.3. The molecule has 28 heavy (non-hydrogen) atoms. The normalized spacial score (nSPS) is 21.5. The number of hydrogen-bond donors (Lipinski definition) is 1. The van der Waals surface area contributed by atoms with Crippen molar-refractivity contribution < 1.29 is 9.53 Å². The molecule has 0 saturated carbocycles. The van der Waals surface area contributed by atoms with Gasteiger partial charge in [-0.15, -0.1) is 0 Å². The van der Waals surface area contributed by atoms with Gasteiger partial charge in [-0.2, -0.15) is 0 Å². The summed E-state index contributed by atoms with van der Waals surface area (Å²) in [7, 11) is 0. The molecule has 2 unspecified atom stereocenters. The van der Waals surface area contributed by atoms with Gasteiger partial charge in [-0.3, -0.25) is 9.69 Å². The molecule has 0 radical (unpaired) electrons. The first kappa shape index (κ1) is 18.9. The maximum absolute atomic E-state index is 13.0. The quantitative estimate of drug-likeness (QED) is 0.864. The second kappa shape index (κ2) is 8.71. The highest BCUT2D eigenvalue weighted by molar-refractivity contribution is 5.99. The number of pyridine rings is 1. The van der Waals surface area contributed by atoms with Crippen LogP contribution in [0.15, 0.2) is 48.7 Å². The fraction of sp³-hybridized carbons (Fsp3) is 0.455. The number of nitrogens with one attached hydrogen (secondary N) is 1. The van der Waals surface area contributed by atoms with Crippen molar-refractivity contribution in [1.82, 2.24) is 15.2 Å². The van der Waals surface area contributed by atoms with Crippen molar-refractivity contribution in [2.45, 2.75) is 25.4 Å². The van der Waals surface area contributed by atoms with E-state index in [0.717, 1.165) is 38.4 Å². The molecule has 148 valence electrons. The maximum atomic E-state index is 13.0. The van der Waals surface area contributed by atoms with Crippen LogP contribution in [-0.4, -0.2) is 61.2 Å². The molecule has 2 aliphatic rings. The average molecular weight is 380 g/mol. The van der Waals surface area contributed by atoms with Crippen LogP contribution in [0.1, 0.15) is 35.3 Å². The predicted octanol–water partition coefficient (Wildman–Crippen LogP) is 2.48. The first-order chi connectivity index (χ1) is 13.7. The molecule has 2 atom stereocenters. The molecule has 1 amide bonds. The summed E-state index contributed by atoms with van der Waals surface area (Å²) >= 11 is 0. The third-order valence-electron chi connectivity index (χ3n) is 5.73. The lowest BCUT2D eigenvalue weighted by molar-refractivity contribution is 0.0934. The lowest BCUT2D eigenvalue weighted by Crippen LogP contribution is -2.41. The number of morpholine rings is 1. The number of ether oxygens (including phenoxy) is 1. The second-order valence-electron chi connectivity index (χ2n) is 7.51. The molecule has 2 aliphatic heterocycles. The molecule has 2 fully saturated rings.